The molecular formula is C23H32N2O3. The van der Waals surface area contributed by atoms with E-state index in [0.717, 1.165) is 44.0 Å². The molecule has 0 radical (unpaired) electrons. The van der Waals surface area contributed by atoms with E-state index in [1.807, 2.05) is 24.3 Å². The Labute approximate surface area is 168 Å². The van der Waals surface area contributed by atoms with Crippen LogP contribution in [0.5, 0.6) is 5.75 Å². The van der Waals surface area contributed by atoms with Gasteiger partial charge in [0.1, 0.15) is 5.75 Å². The third kappa shape index (κ3) is 6.60. The molecule has 1 N–H and O–H groups in total. The third-order valence-corrected chi connectivity index (χ3v) is 5.14. The number of rotatable bonds is 9. The minimum absolute atomic E-state index is 0.348. The molecule has 1 atom stereocenters. The summed E-state index contributed by atoms with van der Waals surface area (Å²) in [7, 11) is 1.66. The number of aliphatic hydroxyl groups excluding tert-OH is 1. The third-order valence-electron chi connectivity index (χ3n) is 5.14. The Morgan fingerprint density at radius 2 is 1.68 bits per heavy atom. The van der Waals surface area contributed by atoms with E-state index < -0.39 is 6.10 Å². The van der Waals surface area contributed by atoms with Crippen molar-refractivity contribution in [2.24, 2.45) is 0 Å². The van der Waals surface area contributed by atoms with Crippen molar-refractivity contribution >= 4 is 0 Å². The van der Waals surface area contributed by atoms with Crippen LogP contribution >= 0.6 is 0 Å². The number of β-amino-alcohol motifs (C(OH)–C–C–N with tert-alkyl or cyclic N) is 1. The van der Waals surface area contributed by atoms with Gasteiger partial charge in [-0.3, -0.25) is 9.80 Å². The zero-order chi connectivity index (χ0) is 19.8. The van der Waals surface area contributed by atoms with Crippen molar-refractivity contribution in [3.8, 4) is 5.75 Å². The Morgan fingerprint density at radius 1 is 0.964 bits per heavy atom. The van der Waals surface area contributed by atoms with Crippen LogP contribution in [0.15, 0.2) is 48.5 Å². The quantitative estimate of drug-likeness (QED) is 0.720. The first-order chi connectivity index (χ1) is 13.6. The van der Waals surface area contributed by atoms with Gasteiger partial charge in [-0.25, -0.2) is 0 Å². The Balaban J connectivity index is 1.33. The van der Waals surface area contributed by atoms with Crippen molar-refractivity contribution in [1.82, 2.24) is 9.80 Å². The molecule has 152 valence electrons. The minimum atomic E-state index is -0.464. The molecule has 28 heavy (non-hydrogen) atoms. The van der Waals surface area contributed by atoms with E-state index in [-0.39, 0.29) is 0 Å². The molecule has 2 aromatic rings. The highest BCUT2D eigenvalue weighted by Crippen LogP contribution is 2.14. The Bertz CT molecular complexity index is 729. The molecule has 0 aromatic heterocycles. The second kappa shape index (κ2) is 10.6. The monoisotopic (exact) mass is 384 g/mol. The van der Waals surface area contributed by atoms with Crippen LogP contribution in [0.25, 0.3) is 0 Å². The number of methoxy groups -OCH3 is 1. The van der Waals surface area contributed by atoms with Crippen LogP contribution in [0.2, 0.25) is 0 Å². The molecule has 0 amide bonds. The number of nitrogens with zero attached hydrogens (tertiary/aromatic N) is 2. The number of piperazine rings is 1. The molecule has 3 rings (SSSR count). The summed E-state index contributed by atoms with van der Waals surface area (Å²) in [6.07, 6.45) is -0.464. The zero-order valence-corrected chi connectivity index (χ0v) is 17.0. The number of benzene rings is 2. The maximum absolute atomic E-state index is 10.3. The molecular weight excluding hydrogens is 352 g/mol. The molecule has 1 aliphatic heterocycles. The Morgan fingerprint density at radius 3 is 2.43 bits per heavy atom. The highest BCUT2D eigenvalue weighted by atomic mass is 16.5. The lowest BCUT2D eigenvalue weighted by Gasteiger charge is -2.35. The van der Waals surface area contributed by atoms with Gasteiger partial charge in [0.15, 0.2) is 0 Å². The topological polar surface area (TPSA) is 45.2 Å². The first kappa shape index (κ1) is 20.8. The average molecular weight is 385 g/mol. The first-order valence-electron chi connectivity index (χ1n) is 10.0. The second-order valence-corrected chi connectivity index (χ2v) is 7.59. The summed E-state index contributed by atoms with van der Waals surface area (Å²) in [5.41, 5.74) is 3.74. The summed E-state index contributed by atoms with van der Waals surface area (Å²) >= 11 is 0. The summed E-state index contributed by atoms with van der Waals surface area (Å²) in [4.78, 5) is 4.81. The molecule has 0 spiro atoms. The largest absolute Gasteiger partial charge is 0.497 e. The summed E-state index contributed by atoms with van der Waals surface area (Å²) in [6, 6.07) is 16.5. The maximum atomic E-state index is 10.3. The fraction of sp³-hybridized carbons (Fsp3) is 0.478. The molecule has 2 aromatic carbocycles. The van der Waals surface area contributed by atoms with E-state index >= 15 is 0 Å². The van der Waals surface area contributed by atoms with Crippen LogP contribution in [0.1, 0.15) is 16.7 Å². The molecule has 1 aliphatic rings. The van der Waals surface area contributed by atoms with Gasteiger partial charge in [-0.15, -0.1) is 0 Å². The molecule has 0 aliphatic carbocycles. The van der Waals surface area contributed by atoms with Crippen LogP contribution in [0.4, 0.5) is 0 Å². The number of hydrogen-bond acceptors (Lipinski definition) is 5. The molecule has 5 heteroatoms. The minimum Gasteiger partial charge on any atom is -0.497 e. The van der Waals surface area contributed by atoms with Crippen molar-refractivity contribution in [2.45, 2.75) is 26.2 Å². The highest BCUT2D eigenvalue weighted by molar-refractivity contribution is 5.27. The van der Waals surface area contributed by atoms with Crippen molar-refractivity contribution in [2.75, 3.05) is 46.4 Å². The lowest BCUT2D eigenvalue weighted by Crippen LogP contribution is -2.48. The molecule has 0 saturated carbocycles. The summed E-state index contributed by atoms with van der Waals surface area (Å²) < 4.78 is 10.9. The predicted octanol–water partition coefficient (Wildman–Crippen LogP) is 2.70. The number of aryl methyl sites for hydroxylation is 1. The highest BCUT2D eigenvalue weighted by Gasteiger charge is 2.19. The van der Waals surface area contributed by atoms with E-state index in [9.17, 15) is 5.11 Å². The fourth-order valence-electron chi connectivity index (χ4n) is 3.62. The maximum Gasteiger partial charge on any atom is 0.119 e. The van der Waals surface area contributed by atoms with Gasteiger partial charge in [-0.05, 0) is 30.2 Å². The number of hydrogen-bond donors (Lipinski definition) is 1. The van der Waals surface area contributed by atoms with Crippen molar-refractivity contribution in [1.29, 1.82) is 0 Å². The van der Waals surface area contributed by atoms with Gasteiger partial charge in [0.2, 0.25) is 0 Å². The van der Waals surface area contributed by atoms with Crippen molar-refractivity contribution in [3.63, 3.8) is 0 Å². The smallest absolute Gasteiger partial charge is 0.119 e. The molecule has 5 nitrogen and oxygen atoms in total. The summed E-state index contributed by atoms with van der Waals surface area (Å²) in [5, 5.41) is 10.3. The van der Waals surface area contributed by atoms with Crippen molar-refractivity contribution in [3.05, 3.63) is 65.2 Å². The summed E-state index contributed by atoms with van der Waals surface area (Å²) in [6.45, 7) is 8.67. The van der Waals surface area contributed by atoms with E-state index in [1.165, 1.54) is 11.1 Å². The molecule has 1 fully saturated rings. The van der Waals surface area contributed by atoms with E-state index in [4.69, 9.17) is 9.47 Å². The Hall–Kier alpha value is -1.92. The van der Waals surface area contributed by atoms with Gasteiger partial charge in [0.05, 0.1) is 26.4 Å². The van der Waals surface area contributed by atoms with E-state index in [0.29, 0.717) is 19.8 Å². The first-order valence-corrected chi connectivity index (χ1v) is 10.0. The van der Waals surface area contributed by atoms with Crippen LogP contribution in [-0.4, -0.2) is 67.5 Å². The standard InChI is InChI=1S/C23H32N2O3/c1-19-5-3-6-20(13-19)15-24-9-11-25(12-10-24)16-22(26)18-28-17-21-7-4-8-23(14-21)27-2/h3-8,13-14,22,26H,9-12,15-18H2,1-2H3. The summed E-state index contributed by atoms with van der Waals surface area (Å²) in [5.74, 6) is 0.824. The number of aliphatic hydroxyl groups is 1. The molecule has 1 unspecified atom stereocenters. The van der Waals surface area contributed by atoms with Crippen molar-refractivity contribution < 1.29 is 14.6 Å². The molecule has 1 saturated heterocycles. The van der Waals surface area contributed by atoms with Gasteiger partial charge in [-0.2, -0.15) is 0 Å². The van der Waals surface area contributed by atoms with Crippen LogP contribution in [-0.2, 0) is 17.9 Å². The number of ether oxygens (including phenoxy) is 2. The van der Waals surface area contributed by atoms with E-state index in [2.05, 4.69) is 41.0 Å². The van der Waals surface area contributed by atoms with Gasteiger partial charge in [-0.1, -0.05) is 42.0 Å². The fourth-order valence-corrected chi connectivity index (χ4v) is 3.62. The van der Waals surface area contributed by atoms with Gasteiger partial charge in [0.25, 0.3) is 0 Å². The molecule has 1 heterocycles. The van der Waals surface area contributed by atoms with Gasteiger partial charge in [0, 0.05) is 39.3 Å². The lowest BCUT2D eigenvalue weighted by molar-refractivity contribution is 0.000850. The van der Waals surface area contributed by atoms with Crippen LogP contribution in [0, 0.1) is 6.92 Å². The van der Waals surface area contributed by atoms with Gasteiger partial charge >= 0.3 is 0 Å². The predicted molar refractivity (Wildman–Crippen MR) is 112 cm³/mol. The average Bonchev–Trinajstić information content (AvgIpc) is 2.70. The van der Waals surface area contributed by atoms with Gasteiger partial charge < -0.3 is 14.6 Å². The lowest BCUT2D eigenvalue weighted by atomic mass is 10.1. The zero-order valence-electron chi connectivity index (χ0n) is 17.0. The Kier molecular flexibility index (Phi) is 7.86. The van der Waals surface area contributed by atoms with E-state index in [1.54, 1.807) is 7.11 Å². The normalized spacial score (nSPS) is 16.8. The SMILES string of the molecule is COc1cccc(COCC(O)CN2CCN(Cc3cccc(C)c3)CC2)c1. The van der Waals surface area contributed by atoms with Crippen LogP contribution < -0.4 is 4.74 Å². The second-order valence-electron chi connectivity index (χ2n) is 7.59. The molecule has 0 bridgehead atoms. The van der Waals surface area contributed by atoms with Crippen LogP contribution in [0.3, 0.4) is 0 Å².